The smallest absolute Gasteiger partial charge is 0.0635 e. The molecule has 1 aliphatic carbocycles. The van der Waals surface area contributed by atoms with Gasteiger partial charge in [0.2, 0.25) is 0 Å². The van der Waals surface area contributed by atoms with Crippen LogP contribution in [0, 0.1) is 18.8 Å². The third-order valence-corrected chi connectivity index (χ3v) is 4.05. The van der Waals surface area contributed by atoms with E-state index >= 15 is 0 Å². The van der Waals surface area contributed by atoms with Crippen molar-refractivity contribution in [3.8, 4) is 0 Å². The minimum atomic E-state index is 0.367. The van der Waals surface area contributed by atoms with Crippen molar-refractivity contribution in [3.63, 3.8) is 0 Å². The fraction of sp³-hybridized carbons (Fsp3) is 0.389. The summed E-state index contributed by atoms with van der Waals surface area (Å²) in [7, 11) is 0. The number of nitrogens with zero attached hydrogens (tertiary/aromatic N) is 3. The summed E-state index contributed by atoms with van der Waals surface area (Å²) in [5.41, 5.74) is 5.94. The van der Waals surface area contributed by atoms with Crippen molar-refractivity contribution in [3.05, 3.63) is 58.6 Å². The first kappa shape index (κ1) is 13.9. The van der Waals surface area contributed by atoms with Crippen molar-refractivity contribution >= 4 is 6.21 Å². The van der Waals surface area contributed by atoms with Crippen molar-refractivity contribution in [2.75, 3.05) is 0 Å². The number of fused-ring (bicyclic) bond motifs is 1. The number of hydrogen-bond donors (Lipinski definition) is 0. The van der Waals surface area contributed by atoms with Gasteiger partial charge in [-0.25, -0.2) is 0 Å². The van der Waals surface area contributed by atoms with Gasteiger partial charge in [-0.15, -0.1) is 0 Å². The molecule has 108 valence electrons. The number of aryl methyl sites for hydroxylation is 2. The summed E-state index contributed by atoms with van der Waals surface area (Å²) in [6, 6.07) is 4.07. The molecule has 3 rings (SSSR count). The van der Waals surface area contributed by atoms with E-state index < -0.39 is 0 Å². The monoisotopic (exact) mass is 279 g/mol. The zero-order chi connectivity index (χ0) is 14.8. The predicted octanol–water partition coefficient (Wildman–Crippen LogP) is 3.82. The Morgan fingerprint density at radius 2 is 1.95 bits per heavy atom. The van der Waals surface area contributed by atoms with Gasteiger partial charge in [0.25, 0.3) is 0 Å². The number of aliphatic imine (C=N–C) groups is 1. The molecule has 0 radical (unpaired) electrons. The zero-order valence-electron chi connectivity index (χ0n) is 12.9. The van der Waals surface area contributed by atoms with Crippen LogP contribution in [0.25, 0.3) is 0 Å². The van der Waals surface area contributed by atoms with E-state index in [1.54, 1.807) is 0 Å². The van der Waals surface area contributed by atoms with Gasteiger partial charge in [0, 0.05) is 17.8 Å². The second-order valence-electron chi connectivity index (χ2n) is 6.03. The van der Waals surface area contributed by atoms with Gasteiger partial charge in [0.05, 0.1) is 11.4 Å². The Bertz CT molecular complexity index is 646. The van der Waals surface area contributed by atoms with Crippen LogP contribution >= 0.6 is 0 Å². The third-order valence-electron chi connectivity index (χ3n) is 4.05. The van der Waals surface area contributed by atoms with Crippen molar-refractivity contribution in [2.45, 2.75) is 33.6 Å². The van der Waals surface area contributed by atoms with E-state index in [1.807, 2.05) is 13.0 Å². The van der Waals surface area contributed by atoms with Crippen LogP contribution in [0.1, 0.15) is 31.7 Å². The van der Waals surface area contributed by atoms with Gasteiger partial charge >= 0.3 is 0 Å². The maximum Gasteiger partial charge on any atom is 0.0635 e. The van der Waals surface area contributed by atoms with Crippen LogP contribution in [0.5, 0.6) is 0 Å². The second kappa shape index (κ2) is 5.76. The van der Waals surface area contributed by atoms with E-state index in [2.05, 4.69) is 59.5 Å². The maximum absolute atomic E-state index is 4.62. The zero-order valence-corrected chi connectivity index (χ0v) is 12.9. The second-order valence-corrected chi connectivity index (χ2v) is 6.03. The Kier molecular flexibility index (Phi) is 3.82. The average Bonchev–Trinajstić information content (AvgIpc) is 2.89. The Hall–Kier alpha value is -2.03. The van der Waals surface area contributed by atoms with E-state index in [1.165, 1.54) is 16.8 Å². The highest BCUT2D eigenvalue weighted by Gasteiger charge is 2.22. The number of rotatable bonds is 4. The molecule has 1 aromatic rings. The maximum atomic E-state index is 4.62. The first-order valence-corrected chi connectivity index (χ1v) is 7.59. The van der Waals surface area contributed by atoms with Crippen LogP contribution in [0.2, 0.25) is 0 Å². The van der Waals surface area contributed by atoms with Crippen LogP contribution in [0.4, 0.5) is 0 Å². The van der Waals surface area contributed by atoms with Gasteiger partial charge < -0.3 is 0 Å². The molecule has 3 heteroatoms. The largest absolute Gasteiger partial charge is 0.264 e. The SMILES string of the molecule is Cc1ccc(CCC2=C3C=CC(C(C)C)=CC3C=N2)nn1. The highest BCUT2D eigenvalue weighted by atomic mass is 15.1. The van der Waals surface area contributed by atoms with Crippen LogP contribution < -0.4 is 0 Å². The minimum absolute atomic E-state index is 0.367. The van der Waals surface area contributed by atoms with Crippen molar-refractivity contribution in [2.24, 2.45) is 16.8 Å². The van der Waals surface area contributed by atoms with E-state index in [0.29, 0.717) is 11.8 Å². The average molecular weight is 279 g/mol. The molecule has 21 heavy (non-hydrogen) atoms. The van der Waals surface area contributed by atoms with Gasteiger partial charge in [-0.1, -0.05) is 32.1 Å². The molecule has 1 atom stereocenters. The summed E-state index contributed by atoms with van der Waals surface area (Å²) < 4.78 is 0. The molecular weight excluding hydrogens is 258 g/mol. The minimum Gasteiger partial charge on any atom is -0.264 e. The number of allylic oxidation sites excluding steroid dienone is 6. The molecule has 0 bridgehead atoms. The van der Waals surface area contributed by atoms with Crippen LogP contribution in [0.3, 0.4) is 0 Å². The summed E-state index contributed by atoms with van der Waals surface area (Å²) in [6.07, 6.45) is 10.7. The first-order chi connectivity index (χ1) is 10.1. The Morgan fingerprint density at radius 1 is 1.10 bits per heavy atom. The molecule has 3 nitrogen and oxygen atoms in total. The summed E-state index contributed by atoms with van der Waals surface area (Å²) in [5, 5.41) is 8.33. The lowest BCUT2D eigenvalue weighted by Crippen LogP contribution is -2.06. The lowest BCUT2D eigenvalue weighted by molar-refractivity contribution is 0.774. The quantitative estimate of drug-likeness (QED) is 0.840. The molecule has 1 aromatic heterocycles. The van der Waals surface area contributed by atoms with Gasteiger partial charge in [-0.2, -0.15) is 10.2 Å². The van der Waals surface area contributed by atoms with Crippen molar-refractivity contribution in [1.29, 1.82) is 0 Å². The van der Waals surface area contributed by atoms with Crippen molar-refractivity contribution < 1.29 is 0 Å². The topological polar surface area (TPSA) is 38.1 Å². The van der Waals surface area contributed by atoms with Crippen LogP contribution in [-0.4, -0.2) is 16.4 Å². The third kappa shape index (κ3) is 3.02. The van der Waals surface area contributed by atoms with Crippen LogP contribution in [0.15, 0.2) is 52.2 Å². The predicted molar refractivity (Wildman–Crippen MR) is 86.2 cm³/mol. The normalized spacial score (nSPS) is 20.2. The highest BCUT2D eigenvalue weighted by molar-refractivity contribution is 5.76. The molecule has 2 heterocycles. The lowest BCUT2D eigenvalue weighted by atomic mass is 9.87. The van der Waals surface area contributed by atoms with E-state index in [0.717, 1.165) is 24.2 Å². The summed E-state index contributed by atoms with van der Waals surface area (Å²) in [4.78, 5) is 4.62. The molecule has 0 amide bonds. The summed E-state index contributed by atoms with van der Waals surface area (Å²) in [5.74, 6) is 0.939. The molecule has 0 saturated carbocycles. The van der Waals surface area contributed by atoms with E-state index in [9.17, 15) is 0 Å². The van der Waals surface area contributed by atoms with Gasteiger partial charge in [-0.3, -0.25) is 4.99 Å². The molecule has 2 aliphatic rings. The lowest BCUT2D eigenvalue weighted by Gasteiger charge is -2.16. The van der Waals surface area contributed by atoms with E-state index in [4.69, 9.17) is 0 Å². The molecule has 0 aromatic carbocycles. The van der Waals surface area contributed by atoms with Gasteiger partial charge in [-0.05, 0) is 49.0 Å². The molecule has 0 N–H and O–H groups in total. The fourth-order valence-electron chi connectivity index (χ4n) is 2.71. The fourth-order valence-corrected chi connectivity index (χ4v) is 2.71. The molecule has 1 unspecified atom stereocenters. The number of aromatic nitrogens is 2. The number of hydrogen-bond acceptors (Lipinski definition) is 3. The summed E-state index contributed by atoms with van der Waals surface area (Å²) >= 11 is 0. The Morgan fingerprint density at radius 3 is 2.67 bits per heavy atom. The van der Waals surface area contributed by atoms with Gasteiger partial charge in [0.15, 0.2) is 0 Å². The first-order valence-electron chi connectivity index (χ1n) is 7.59. The molecule has 1 aliphatic heterocycles. The van der Waals surface area contributed by atoms with Crippen molar-refractivity contribution in [1.82, 2.24) is 10.2 Å². The molecule has 0 spiro atoms. The standard InChI is InChI=1S/C18H21N3/c1-12(2)14-5-8-17-15(10-14)11-19-18(17)9-7-16-6-4-13(3)20-21-16/h4-6,8,10-12,15H,7,9H2,1-3H3. The summed E-state index contributed by atoms with van der Waals surface area (Å²) in [6.45, 7) is 6.42. The molecule has 0 fully saturated rings. The van der Waals surface area contributed by atoms with Gasteiger partial charge in [0.1, 0.15) is 0 Å². The highest BCUT2D eigenvalue weighted by Crippen LogP contribution is 2.33. The molecule has 0 saturated heterocycles. The Labute approximate surface area is 126 Å². The Balaban J connectivity index is 1.70. The van der Waals surface area contributed by atoms with Crippen LogP contribution in [-0.2, 0) is 6.42 Å². The molecular formula is C18H21N3. The van der Waals surface area contributed by atoms with E-state index in [-0.39, 0.29) is 0 Å².